The third-order valence-electron chi connectivity index (χ3n) is 4.07. The minimum atomic E-state index is 0.241. The van der Waals surface area contributed by atoms with Crippen LogP contribution in [0.1, 0.15) is 25.7 Å². The van der Waals surface area contributed by atoms with Crippen LogP contribution in [0, 0.1) is 5.92 Å². The fourth-order valence-electron chi connectivity index (χ4n) is 2.81. The number of hydrogen-bond donors (Lipinski definition) is 1. The molecule has 21 heavy (non-hydrogen) atoms. The Morgan fingerprint density at radius 2 is 1.38 bits per heavy atom. The van der Waals surface area contributed by atoms with Crippen molar-refractivity contribution < 1.29 is 4.79 Å². The van der Waals surface area contributed by atoms with Crippen LogP contribution >= 0.6 is 0 Å². The van der Waals surface area contributed by atoms with Gasteiger partial charge >= 0.3 is 0 Å². The highest BCUT2D eigenvalue weighted by atomic mass is 16.2. The van der Waals surface area contributed by atoms with Gasteiger partial charge in [-0.1, -0.05) is 0 Å². The van der Waals surface area contributed by atoms with Gasteiger partial charge in [0.15, 0.2) is 0 Å². The van der Waals surface area contributed by atoms with E-state index in [0.29, 0.717) is 5.91 Å². The molecule has 0 atom stereocenters. The number of amides is 1. The summed E-state index contributed by atoms with van der Waals surface area (Å²) in [5, 5.41) is 3.34. The van der Waals surface area contributed by atoms with Crippen LogP contribution in [-0.4, -0.2) is 88.1 Å². The zero-order chi connectivity index (χ0) is 15.7. The average Bonchev–Trinajstić information content (AvgIpc) is 2.45. The SMILES string of the molecule is CN(C)CCCN(CCCN(C)C)C(=O)C1CCNCC1. The Morgan fingerprint density at radius 1 is 0.905 bits per heavy atom. The second kappa shape index (κ2) is 10.1. The Bertz CT molecular complexity index is 274. The van der Waals surface area contributed by atoms with Crippen LogP contribution in [-0.2, 0) is 4.79 Å². The van der Waals surface area contributed by atoms with E-state index in [-0.39, 0.29) is 5.92 Å². The molecule has 5 nitrogen and oxygen atoms in total. The molecule has 1 aliphatic heterocycles. The van der Waals surface area contributed by atoms with Crippen LogP contribution in [0.5, 0.6) is 0 Å². The van der Waals surface area contributed by atoms with Crippen molar-refractivity contribution in [3.05, 3.63) is 0 Å². The van der Waals surface area contributed by atoms with Crippen molar-refractivity contribution in [1.82, 2.24) is 20.0 Å². The normalized spacial score (nSPS) is 16.7. The van der Waals surface area contributed by atoms with Crippen molar-refractivity contribution in [2.45, 2.75) is 25.7 Å². The zero-order valence-corrected chi connectivity index (χ0v) is 14.4. The molecule has 1 N–H and O–H groups in total. The Balaban J connectivity index is 2.45. The molecule has 0 unspecified atom stereocenters. The lowest BCUT2D eigenvalue weighted by atomic mass is 9.96. The molecule has 0 aromatic heterocycles. The van der Waals surface area contributed by atoms with E-state index in [4.69, 9.17) is 0 Å². The lowest BCUT2D eigenvalue weighted by molar-refractivity contribution is -0.136. The molecule has 0 spiro atoms. The third-order valence-corrected chi connectivity index (χ3v) is 4.07. The van der Waals surface area contributed by atoms with E-state index in [1.54, 1.807) is 0 Å². The van der Waals surface area contributed by atoms with Crippen molar-refractivity contribution >= 4 is 5.91 Å². The van der Waals surface area contributed by atoms with Gasteiger partial charge in [-0.05, 0) is 80.1 Å². The smallest absolute Gasteiger partial charge is 0.225 e. The average molecular weight is 298 g/mol. The van der Waals surface area contributed by atoms with E-state index in [1.807, 2.05) is 0 Å². The summed E-state index contributed by atoms with van der Waals surface area (Å²) in [5.41, 5.74) is 0. The summed E-state index contributed by atoms with van der Waals surface area (Å²) in [5.74, 6) is 0.624. The fraction of sp³-hybridized carbons (Fsp3) is 0.938. The van der Waals surface area contributed by atoms with Crippen molar-refractivity contribution in [3.8, 4) is 0 Å². The molecule has 0 saturated carbocycles. The standard InChI is InChI=1S/C16H34N4O/c1-18(2)11-5-13-20(14-6-12-19(3)4)16(21)15-7-9-17-10-8-15/h15,17H,5-14H2,1-4H3. The van der Waals surface area contributed by atoms with Gasteiger partial charge in [0.2, 0.25) is 5.91 Å². The van der Waals surface area contributed by atoms with Crippen LogP contribution in [0.4, 0.5) is 0 Å². The molecule has 1 saturated heterocycles. The van der Waals surface area contributed by atoms with E-state index in [1.165, 1.54) is 0 Å². The van der Waals surface area contributed by atoms with Crippen LogP contribution in [0.3, 0.4) is 0 Å². The number of carbonyl (C=O) groups is 1. The highest BCUT2D eigenvalue weighted by Gasteiger charge is 2.25. The molecule has 0 bridgehead atoms. The highest BCUT2D eigenvalue weighted by Crippen LogP contribution is 2.15. The van der Waals surface area contributed by atoms with Gasteiger partial charge in [0.1, 0.15) is 0 Å². The number of carbonyl (C=O) groups excluding carboxylic acids is 1. The molecule has 0 aromatic rings. The largest absolute Gasteiger partial charge is 0.342 e. The van der Waals surface area contributed by atoms with Gasteiger partial charge in [-0.25, -0.2) is 0 Å². The van der Waals surface area contributed by atoms with Gasteiger partial charge in [0.25, 0.3) is 0 Å². The number of piperidine rings is 1. The van der Waals surface area contributed by atoms with Gasteiger partial charge in [-0.3, -0.25) is 4.79 Å². The van der Waals surface area contributed by atoms with E-state index in [0.717, 1.165) is 65.0 Å². The molecule has 1 heterocycles. The first-order chi connectivity index (χ1) is 10.0. The summed E-state index contributed by atoms with van der Waals surface area (Å²) in [6.45, 7) is 5.86. The van der Waals surface area contributed by atoms with Crippen LogP contribution in [0.15, 0.2) is 0 Å². The van der Waals surface area contributed by atoms with Gasteiger partial charge < -0.3 is 20.0 Å². The number of hydrogen-bond acceptors (Lipinski definition) is 4. The first-order valence-electron chi connectivity index (χ1n) is 8.29. The van der Waals surface area contributed by atoms with Crippen LogP contribution < -0.4 is 5.32 Å². The summed E-state index contributed by atoms with van der Waals surface area (Å²) in [7, 11) is 8.35. The summed E-state index contributed by atoms with van der Waals surface area (Å²) in [6.07, 6.45) is 4.12. The van der Waals surface area contributed by atoms with Gasteiger partial charge in [0, 0.05) is 19.0 Å². The van der Waals surface area contributed by atoms with E-state index in [2.05, 4.69) is 48.2 Å². The maximum Gasteiger partial charge on any atom is 0.225 e. The Labute approximate surface area is 130 Å². The maximum absolute atomic E-state index is 12.7. The van der Waals surface area contributed by atoms with Gasteiger partial charge in [-0.15, -0.1) is 0 Å². The topological polar surface area (TPSA) is 38.8 Å². The molecule has 5 heteroatoms. The minimum Gasteiger partial charge on any atom is -0.342 e. The monoisotopic (exact) mass is 298 g/mol. The van der Waals surface area contributed by atoms with Gasteiger partial charge in [0.05, 0.1) is 0 Å². The van der Waals surface area contributed by atoms with Gasteiger partial charge in [-0.2, -0.15) is 0 Å². The molecular formula is C16H34N4O. The Hall–Kier alpha value is -0.650. The molecule has 1 aliphatic rings. The number of nitrogens with zero attached hydrogens (tertiary/aromatic N) is 3. The van der Waals surface area contributed by atoms with E-state index < -0.39 is 0 Å². The lowest BCUT2D eigenvalue weighted by Gasteiger charge is -2.30. The van der Waals surface area contributed by atoms with Crippen molar-refractivity contribution in [1.29, 1.82) is 0 Å². The molecular weight excluding hydrogens is 264 g/mol. The molecule has 124 valence electrons. The lowest BCUT2D eigenvalue weighted by Crippen LogP contribution is -2.42. The predicted molar refractivity (Wildman–Crippen MR) is 88.5 cm³/mol. The number of rotatable bonds is 9. The van der Waals surface area contributed by atoms with Crippen LogP contribution in [0.2, 0.25) is 0 Å². The maximum atomic E-state index is 12.7. The predicted octanol–water partition coefficient (Wildman–Crippen LogP) is 0.718. The molecule has 0 radical (unpaired) electrons. The first-order valence-corrected chi connectivity index (χ1v) is 8.29. The molecule has 1 amide bonds. The van der Waals surface area contributed by atoms with Crippen molar-refractivity contribution in [3.63, 3.8) is 0 Å². The molecule has 1 fully saturated rings. The quantitative estimate of drug-likeness (QED) is 0.681. The van der Waals surface area contributed by atoms with Crippen molar-refractivity contribution in [2.24, 2.45) is 5.92 Å². The molecule has 0 aromatic carbocycles. The first kappa shape index (κ1) is 18.4. The Kier molecular flexibility index (Phi) is 8.88. The second-order valence-corrected chi connectivity index (χ2v) is 6.66. The van der Waals surface area contributed by atoms with E-state index >= 15 is 0 Å². The summed E-state index contributed by atoms with van der Waals surface area (Å²) >= 11 is 0. The zero-order valence-electron chi connectivity index (χ0n) is 14.4. The molecule has 1 rings (SSSR count). The van der Waals surface area contributed by atoms with E-state index in [9.17, 15) is 4.79 Å². The number of nitrogens with one attached hydrogen (secondary N) is 1. The minimum absolute atomic E-state index is 0.241. The van der Waals surface area contributed by atoms with Crippen LogP contribution in [0.25, 0.3) is 0 Å². The molecule has 0 aliphatic carbocycles. The third kappa shape index (κ3) is 7.79. The second-order valence-electron chi connectivity index (χ2n) is 6.66. The Morgan fingerprint density at radius 3 is 1.81 bits per heavy atom. The summed E-state index contributed by atoms with van der Waals surface area (Å²) in [6, 6.07) is 0. The summed E-state index contributed by atoms with van der Waals surface area (Å²) in [4.78, 5) is 19.2. The summed E-state index contributed by atoms with van der Waals surface area (Å²) < 4.78 is 0. The van der Waals surface area contributed by atoms with Crippen molar-refractivity contribution in [2.75, 3.05) is 67.5 Å². The fourth-order valence-corrected chi connectivity index (χ4v) is 2.81. The highest BCUT2D eigenvalue weighted by molar-refractivity contribution is 5.79.